The summed E-state index contributed by atoms with van der Waals surface area (Å²) in [4.78, 5) is 15.0. The van der Waals surface area contributed by atoms with Crippen LogP contribution in [0.4, 0.5) is 11.4 Å². The van der Waals surface area contributed by atoms with E-state index in [-0.39, 0.29) is 17.6 Å². The minimum Gasteiger partial charge on any atom is -0.396 e. The van der Waals surface area contributed by atoms with Crippen molar-refractivity contribution in [1.82, 2.24) is 15.5 Å². The van der Waals surface area contributed by atoms with Crippen LogP contribution < -0.4 is 16.0 Å². The molecule has 0 bridgehead atoms. The van der Waals surface area contributed by atoms with E-state index in [0.29, 0.717) is 17.2 Å². The SMILES string of the molecule is C[C@H]1C[C@H](NC(=O)c2nnc3ccccc3c2N)CN1c1ccccc1. The highest BCUT2D eigenvalue weighted by Crippen LogP contribution is 2.26. The van der Waals surface area contributed by atoms with Crippen LogP contribution in [0.2, 0.25) is 0 Å². The van der Waals surface area contributed by atoms with Gasteiger partial charge in [-0.25, -0.2) is 0 Å². The van der Waals surface area contributed by atoms with Crippen LogP contribution in [0.15, 0.2) is 54.6 Å². The number of rotatable bonds is 3. The van der Waals surface area contributed by atoms with E-state index in [1.54, 1.807) is 0 Å². The molecule has 6 heteroatoms. The number of fused-ring (bicyclic) bond motifs is 1. The fraction of sp³-hybridized carbons (Fsp3) is 0.250. The molecule has 2 atom stereocenters. The average molecular weight is 347 g/mol. The van der Waals surface area contributed by atoms with Gasteiger partial charge in [0.2, 0.25) is 0 Å². The minimum absolute atomic E-state index is 0.0466. The Labute approximate surface area is 152 Å². The van der Waals surface area contributed by atoms with Crippen LogP contribution in [0.5, 0.6) is 0 Å². The van der Waals surface area contributed by atoms with Gasteiger partial charge < -0.3 is 16.0 Å². The van der Waals surface area contributed by atoms with Crippen molar-refractivity contribution in [3.8, 4) is 0 Å². The molecule has 1 fully saturated rings. The van der Waals surface area contributed by atoms with Gasteiger partial charge in [-0.2, -0.15) is 0 Å². The van der Waals surface area contributed by atoms with E-state index in [4.69, 9.17) is 5.73 Å². The summed E-state index contributed by atoms with van der Waals surface area (Å²) in [6.45, 7) is 2.93. The molecule has 1 aliphatic heterocycles. The number of para-hydroxylation sites is 1. The van der Waals surface area contributed by atoms with Crippen LogP contribution in [-0.2, 0) is 0 Å². The molecule has 2 aromatic carbocycles. The molecule has 6 nitrogen and oxygen atoms in total. The van der Waals surface area contributed by atoms with Crippen molar-refractivity contribution < 1.29 is 4.79 Å². The van der Waals surface area contributed by atoms with Crippen molar-refractivity contribution in [2.24, 2.45) is 0 Å². The Kier molecular flexibility index (Phi) is 4.16. The zero-order chi connectivity index (χ0) is 18.1. The summed E-state index contributed by atoms with van der Waals surface area (Å²) in [6.07, 6.45) is 0.877. The van der Waals surface area contributed by atoms with E-state index in [9.17, 15) is 4.79 Å². The normalized spacial score (nSPS) is 19.7. The summed E-state index contributed by atoms with van der Waals surface area (Å²) in [6, 6.07) is 18.1. The van der Waals surface area contributed by atoms with Gasteiger partial charge in [0.15, 0.2) is 5.69 Å². The van der Waals surface area contributed by atoms with Gasteiger partial charge in [-0.05, 0) is 31.5 Å². The highest BCUT2D eigenvalue weighted by molar-refractivity contribution is 6.04. The van der Waals surface area contributed by atoms with Crippen LogP contribution >= 0.6 is 0 Å². The third-order valence-electron chi connectivity index (χ3n) is 4.92. The molecule has 0 radical (unpaired) electrons. The van der Waals surface area contributed by atoms with Gasteiger partial charge in [-0.3, -0.25) is 4.79 Å². The lowest BCUT2D eigenvalue weighted by Crippen LogP contribution is -2.38. The van der Waals surface area contributed by atoms with E-state index < -0.39 is 0 Å². The summed E-state index contributed by atoms with van der Waals surface area (Å²) in [5, 5.41) is 12.0. The molecule has 0 unspecified atom stereocenters. The molecular weight excluding hydrogens is 326 g/mol. The number of amides is 1. The molecule has 132 valence electrons. The Hall–Kier alpha value is -3.15. The largest absolute Gasteiger partial charge is 0.396 e. The van der Waals surface area contributed by atoms with Gasteiger partial charge >= 0.3 is 0 Å². The predicted molar refractivity (Wildman–Crippen MR) is 103 cm³/mol. The van der Waals surface area contributed by atoms with Crippen molar-refractivity contribution in [2.75, 3.05) is 17.2 Å². The Morgan fingerprint density at radius 2 is 1.85 bits per heavy atom. The van der Waals surface area contributed by atoms with Gasteiger partial charge in [-0.1, -0.05) is 36.4 Å². The van der Waals surface area contributed by atoms with Gasteiger partial charge in [-0.15, -0.1) is 10.2 Å². The van der Waals surface area contributed by atoms with Crippen molar-refractivity contribution in [2.45, 2.75) is 25.4 Å². The monoisotopic (exact) mass is 347 g/mol. The number of benzene rings is 2. The quantitative estimate of drug-likeness (QED) is 0.761. The number of nitrogen functional groups attached to an aromatic ring is 1. The van der Waals surface area contributed by atoms with Crippen LogP contribution in [0.25, 0.3) is 10.9 Å². The highest BCUT2D eigenvalue weighted by Gasteiger charge is 2.31. The Balaban J connectivity index is 1.51. The van der Waals surface area contributed by atoms with Crippen LogP contribution in [-0.4, -0.2) is 34.7 Å². The van der Waals surface area contributed by atoms with Crippen molar-refractivity contribution >= 4 is 28.2 Å². The molecule has 1 saturated heterocycles. The summed E-state index contributed by atoms with van der Waals surface area (Å²) in [7, 11) is 0. The fourth-order valence-electron chi connectivity index (χ4n) is 3.61. The van der Waals surface area contributed by atoms with Crippen molar-refractivity contribution in [1.29, 1.82) is 0 Å². The maximum absolute atomic E-state index is 12.7. The molecule has 1 amide bonds. The third kappa shape index (κ3) is 2.94. The maximum Gasteiger partial charge on any atom is 0.274 e. The molecule has 1 aromatic heterocycles. The first-order chi connectivity index (χ1) is 12.6. The van der Waals surface area contributed by atoms with Crippen molar-refractivity contribution in [3.05, 3.63) is 60.3 Å². The van der Waals surface area contributed by atoms with Gasteiger partial charge in [0.25, 0.3) is 5.91 Å². The number of anilines is 2. The first kappa shape index (κ1) is 16.3. The summed E-state index contributed by atoms with van der Waals surface area (Å²) < 4.78 is 0. The number of nitrogens with two attached hydrogens (primary N) is 1. The van der Waals surface area contributed by atoms with E-state index in [1.807, 2.05) is 42.5 Å². The van der Waals surface area contributed by atoms with Crippen LogP contribution in [0.1, 0.15) is 23.8 Å². The van der Waals surface area contributed by atoms with Crippen LogP contribution in [0.3, 0.4) is 0 Å². The molecule has 3 aromatic rings. The molecule has 4 rings (SSSR count). The van der Waals surface area contributed by atoms with Gasteiger partial charge in [0.05, 0.1) is 11.2 Å². The maximum atomic E-state index is 12.7. The Bertz CT molecular complexity index is 943. The zero-order valence-corrected chi connectivity index (χ0v) is 14.6. The molecule has 2 heterocycles. The molecular formula is C20H21N5O. The fourth-order valence-corrected chi connectivity index (χ4v) is 3.61. The number of hydrogen-bond acceptors (Lipinski definition) is 5. The topological polar surface area (TPSA) is 84.1 Å². The predicted octanol–water partition coefficient (Wildman–Crippen LogP) is 2.61. The standard InChI is InChI=1S/C20H21N5O/c1-13-11-14(12-25(13)15-7-3-2-4-8-15)22-20(26)19-18(21)16-9-5-6-10-17(16)23-24-19/h2-10,13-14H,11-12H2,1H3,(H2,21,23)(H,22,26)/t13-,14-/m0/s1. The number of nitrogens with one attached hydrogen (secondary N) is 1. The molecule has 0 aliphatic carbocycles. The van der Waals surface area contributed by atoms with E-state index >= 15 is 0 Å². The lowest BCUT2D eigenvalue weighted by molar-refractivity contribution is 0.0935. The van der Waals surface area contributed by atoms with E-state index in [0.717, 1.165) is 18.4 Å². The second kappa shape index (κ2) is 6.63. The number of aromatic nitrogens is 2. The van der Waals surface area contributed by atoms with Crippen molar-refractivity contribution in [3.63, 3.8) is 0 Å². The van der Waals surface area contributed by atoms with Gasteiger partial charge in [0, 0.05) is 29.7 Å². The van der Waals surface area contributed by atoms with E-state index in [1.165, 1.54) is 5.69 Å². The number of carbonyl (C=O) groups is 1. The lowest BCUT2D eigenvalue weighted by atomic mass is 10.1. The summed E-state index contributed by atoms with van der Waals surface area (Å²) in [5.74, 6) is -0.270. The summed E-state index contributed by atoms with van der Waals surface area (Å²) >= 11 is 0. The molecule has 26 heavy (non-hydrogen) atoms. The molecule has 3 N–H and O–H groups in total. The van der Waals surface area contributed by atoms with E-state index in [2.05, 4.69) is 39.5 Å². The third-order valence-corrected chi connectivity index (χ3v) is 4.92. The second-order valence-corrected chi connectivity index (χ2v) is 6.72. The first-order valence-electron chi connectivity index (χ1n) is 8.77. The Morgan fingerprint density at radius 3 is 2.65 bits per heavy atom. The lowest BCUT2D eigenvalue weighted by Gasteiger charge is -2.23. The Morgan fingerprint density at radius 1 is 1.12 bits per heavy atom. The number of hydrogen-bond donors (Lipinski definition) is 2. The molecule has 0 saturated carbocycles. The minimum atomic E-state index is -0.270. The van der Waals surface area contributed by atoms with Gasteiger partial charge in [0.1, 0.15) is 0 Å². The number of carbonyl (C=O) groups excluding carboxylic acids is 1. The summed E-state index contributed by atoms with van der Waals surface area (Å²) in [5.41, 5.74) is 8.58. The first-order valence-corrected chi connectivity index (χ1v) is 8.77. The molecule has 0 spiro atoms. The number of nitrogens with zero attached hydrogens (tertiary/aromatic N) is 3. The highest BCUT2D eigenvalue weighted by atomic mass is 16.2. The zero-order valence-electron chi connectivity index (χ0n) is 14.6. The second-order valence-electron chi connectivity index (χ2n) is 6.72. The smallest absolute Gasteiger partial charge is 0.274 e. The van der Waals surface area contributed by atoms with Crippen LogP contribution in [0, 0.1) is 0 Å². The average Bonchev–Trinajstić information content (AvgIpc) is 3.03. The molecule has 1 aliphatic rings.